The summed E-state index contributed by atoms with van der Waals surface area (Å²) in [6.07, 6.45) is 1.41. The van der Waals surface area contributed by atoms with Gasteiger partial charge >= 0.3 is 11.9 Å². The quantitative estimate of drug-likeness (QED) is 0.522. The molecule has 1 aliphatic rings. The van der Waals surface area contributed by atoms with E-state index in [1.165, 1.54) is 0 Å². The molecule has 0 bridgehead atoms. The molecule has 0 saturated heterocycles. The predicted octanol–water partition coefficient (Wildman–Crippen LogP) is 1.52. The van der Waals surface area contributed by atoms with Crippen molar-refractivity contribution >= 4 is 27.9 Å². The molecule has 0 radical (unpaired) electrons. The molecule has 0 aliphatic carbocycles. The molecule has 0 aromatic rings. The minimum atomic E-state index is -0.571. The van der Waals surface area contributed by atoms with Crippen molar-refractivity contribution in [3.05, 3.63) is 10.1 Å². The summed E-state index contributed by atoms with van der Waals surface area (Å²) in [6.45, 7) is 1.93. The minimum Gasteiger partial charge on any atom is -0.386 e. The average Bonchev–Trinajstić information content (AvgIpc) is 2.17. The maximum Gasteiger partial charge on any atom is 0.353 e. The SMILES string of the molecule is CCCC1=C(Br)C(=O)OC1=O. The van der Waals surface area contributed by atoms with Crippen LogP contribution in [-0.2, 0) is 14.3 Å². The van der Waals surface area contributed by atoms with Crippen LogP contribution < -0.4 is 0 Å². The third-order valence-electron chi connectivity index (χ3n) is 1.38. The van der Waals surface area contributed by atoms with Crippen LogP contribution in [0.3, 0.4) is 0 Å². The zero-order chi connectivity index (χ0) is 8.43. The second kappa shape index (κ2) is 3.17. The Morgan fingerprint density at radius 1 is 1.36 bits per heavy atom. The highest BCUT2D eigenvalue weighted by Crippen LogP contribution is 2.25. The molecule has 0 spiro atoms. The number of rotatable bonds is 2. The van der Waals surface area contributed by atoms with E-state index in [-0.39, 0.29) is 4.48 Å². The van der Waals surface area contributed by atoms with Crippen LogP contribution in [0.2, 0.25) is 0 Å². The third-order valence-corrected chi connectivity index (χ3v) is 2.18. The number of hydrogen-bond donors (Lipinski definition) is 0. The molecule has 3 nitrogen and oxygen atoms in total. The number of esters is 2. The zero-order valence-electron chi connectivity index (χ0n) is 6.02. The Morgan fingerprint density at radius 3 is 2.36 bits per heavy atom. The number of cyclic esters (lactones) is 2. The van der Waals surface area contributed by atoms with E-state index in [0.717, 1.165) is 6.42 Å². The second-order valence-corrected chi connectivity index (χ2v) is 3.01. The monoisotopic (exact) mass is 218 g/mol. The molecule has 0 aromatic heterocycles. The van der Waals surface area contributed by atoms with Crippen molar-refractivity contribution in [1.29, 1.82) is 0 Å². The van der Waals surface area contributed by atoms with Crippen LogP contribution in [0.15, 0.2) is 10.1 Å². The molecule has 0 amide bonds. The van der Waals surface area contributed by atoms with Crippen LogP contribution in [0, 0.1) is 0 Å². The van der Waals surface area contributed by atoms with Gasteiger partial charge in [0, 0.05) is 0 Å². The summed E-state index contributed by atoms with van der Waals surface area (Å²) in [5.41, 5.74) is 0.456. The standard InChI is InChI=1S/C7H7BrO3/c1-2-3-4-5(8)7(10)11-6(4)9/h2-3H2,1H3. The summed E-state index contributed by atoms with van der Waals surface area (Å²) in [5, 5.41) is 0. The summed E-state index contributed by atoms with van der Waals surface area (Å²) >= 11 is 3.00. The van der Waals surface area contributed by atoms with Gasteiger partial charge in [0.2, 0.25) is 0 Å². The molecule has 0 N–H and O–H groups in total. The van der Waals surface area contributed by atoms with Crippen molar-refractivity contribution in [3.8, 4) is 0 Å². The summed E-state index contributed by atoms with van der Waals surface area (Å²) in [7, 11) is 0. The van der Waals surface area contributed by atoms with Gasteiger partial charge < -0.3 is 4.74 Å². The Balaban J connectivity index is 2.87. The van der Waals surface area contributed by atoms with Crippen LogP contribution >= 0.6 is 15.9 Å². The van der Waals surface area contributed by atoms with Crippen LogP contribution in [-0.4, -0.2) is 11.9 Å². The Kier molecular flexibility index (Phi) is 2.44. The van der Waals surface area contributed by atoms with Crippen LogP contribution in [0.5, 0.6) is 0 Å². The Hall–Kier alpha value is -0.640. The molecular weight excluding hydrogens is 212 g/mol. The van der Waals surface area contributed by atoms with Crippen molar-refractivity contribution in [3.63, 3.8) is 0 Å². The van der Waals surface area contributed by atoms with Gasteiger partial charge in [-0.05, 0) is 22.4 Å². The molecule has 0 atom stereocenters. The van der Waals surface area contributed by atoms with Crippen LogP contribution in [0.1, 0.15) is 19.8 Å². The molecule has 11 heavy (non-hydrogen) atoms. The van der Waals surface area contributed by atoms with E-state index in [1.807, 2.05) is 6.92 Å². The van der Waals surface area contributed by atoms with E-state index < -0.39 is 11.9 Å². The van der Waals surface area contributed by atoms with Gasteiger partial charge in [0.25, 0.3) is 0 Å². The van der Waals surface area contributed by atoms with E-state index in [0.29, 0.717) is 12.0 Å². The maximum atomic E-state index is 10.9. The van der Waals surface area contributed by atoms with Gasteiger partial charge in [-0.1, -0.05) is 13.3 Å². The van der Waals surface area contributed by atoms with Gasteiger partial charge in [-0.25, -0.2) is 9.59 Å². The van der Waals surface area contributed by atoms with Gasteiger partial charge in [0.1, 0.15) is 4.48 Å². The highest BCUT2D eigenvalue weighted by atomic mass is 79.9. The predicted molar refractivity (Wildman–Crippen MR) is 42.0 cm³/mol. The van der Waals surface area contributed by atoms with E-state index in [2.05, 4.69) is 20.7 Å². The van der Waals surface area contributed by atoms with E-state index in [4.69, 9.17) is 0 Å². The summed E-state index contributed by atoms with van der Waals surface area (Å²) < 4.78 is 4.62. The fourth-order valence-electron chi connectivity index (χ4n) is 0.865. The molecule has 1 heterocycles. The van der Waals surface area contributed by atoms with Crippen LogP contribution in [0.25, 0.3) is 0 Å². The fourth-order valence-corrected chi connectivity index (χ4v) is 1.31. The van der Waals surface area contributed by atoms with Crippen molar-refractivity contribution < 1.29 is 14.3 Å². The number of halogens is 1. The summed E-state index contributed by atoms with van der Waals surface area (Å²) in [5.74, 6) is -1.08. The molecular formula is C7H7BrO3. The van der Waals surface area contributed by atoms with Crippen LogP contribution in [0.4, 0.5) is 0 Å². The van der Waals surface area contributed by atoms with Gasteiger partial charge in [0.05, 0.1) is 5.57 Å². The summed E-state index contributed by atoms with van der Waals surface area (Å²) in [6, 6.07) is 0. The molecule has 1 aliphatic heterocycles. The third kappa shape index (κ3) is 1.50. The second-order valence-electron chi connectivity index (χ2n) is 2.22. The molecule has 60 valence electrons. The first kappa shape index (κ1) is 8.46. The first-order valence-electron chi connectivity index (χ1n) is 3.32. The van der Waals surface area contributed by atoms with Gasteiger partial charge in [-0.2, -0.15) is 0 Å². The molecule has 0 fully saturated rings. The zero-order valence-corrected chi connectivity index (χ0v) is 7.60. The number of carbonyl (C=O) groups is 2. The lowest BCUT2D eigenvalue weighted by molar-refractivity contribution is -0.150. The van der Waals surface area contributed by atoms with Crippen molar-refractivity contribution in [1.82, 2.24) is 0 Å². The summed E-state index contributed by atoms with van der Waals surface area (Å²) in [4.78, 5) is 21.6. The van der Waals surface area contributed by atoms with E-state index in [1.54, 1.807) is 0 Å². The normalized spacial score (nSPS) is 17.6. The Labute approximate surface area is 72.5 Å². The first-order chi connectivity index (χ1) is 5.16. The van der Waals surface area contributed by atoms with E-state index >= 15 is 0 Å². The Bertz CT molecular complexity index is 242. The molecule has 0 saturated carbocycles. The van der Waals surface area contributed by atoms with Gasteiger partial charge in [-0.3, -0.25) is 0 Å². The molecule has 1 rings (SSSR count). The Morgan fingerprint density at radius 2 is 2.00 bits per heavy atom. The highest BCUT2D eigenvalue weighted by molar-refractivity contribution is 9.12. The van der Waals surface area contributed by atoms with Crippen molar-refractivity contribution in [2.24, 2.45) is 0 Å². The topological polar surface area (TPSA) is 43.4 Å². The van der Waals surface area contributed by atoms with Crippen molar-refractivity contribution in [2.45, 2.75) is 19.8 Å². The number of ether oxygens (including phenoxy) is 1. The largest absolute Gasteiger partial charge is 0.386 e. The lowest BCUT2D eigenvalue weighted by Gasteiger charge is -1.92. The lowest BCUT2D eigenvalue weighted by atomic mass is 10.1. The fraction of sp³-hybridized carbons (Fsp3) is 0.429. The van der Waals surface area contributed by atoms with E-state index in [9.17, 15) is 9.59 Å². The van der Waals surface area contributed by atoms with Gasteiger partial charge in [0.15, 0.2) is 0 Å². The smallest absolute Gasteiger partial charge is 0.353 e. The van der Waals surface area contributed by atoms with Gasteiger partial charge in [-0.15, -0.1) is 0 Å². The molecule has 0 unspecified atom stereocenters. The first-order valence-corrected chi connectivity index (χ1v) is 4.11. The minimum absolute atomic E-state index is 0.282. The lowest BCUT2D eigenvalue weighted by Crippen LogP contribution is -2.01. The molecule has 0 aromatic carbocycles. The van der Waals surface area contributed by atoms with Crippen molar-refractivity contribution in [2.75, 3.05) is 0 Å². The maximum absolute atomic E-state index is 10.9. The molecule has 4 heteroatoms. The average molecular weight is 219 g/mol. The highest BCUT2D eigenvalue weighted by Gasteiger charge is 2.30. The number of hydrogen-bond acceptors (Lipinski definition) is 3. The number of carbonyl (C=O) groups excluding carboxylic acids is 2.